The van der Waals surface area contributed by atoms with Crippen LogP contribution in [0.3, 0.4) is 0 Å². The second-order valence-electron chi connectivity index (χ2n) is 2.74. The van der Waals surface area contributed by atoms with Gasteiger partial charge in [0.1, 0.15) is 0 Å². The monoisotopic (exact) mass is 152 g/mol. The van der Waals surface area contributed by atoms with E-state index in [4.69, 9.17) is 5.73 Å². The Bertz CT molecular complexity index is 277. The second-order valence-corrected chi connectivity index (χ2v) is 2.74. The van der Waals surface area contributed by atoms with Crippen molar-refractivity contribution in [3.05, 3.63) is 34.2 Å². The predicted molar refractivity (Wildman–Crippen MR) is 44.4 cm³/mol. The van der Waals surface area contributed by atoms with Crippen LogP contribution in [0.15, 0.2) is 23.1 Å². The fourth-order valence-corrected chi connectivity index (χ4v) is 0.988. The van der Waals surface area contributed by atoms with Crippen LogP contribution in [-0.2, 0) is 6.42 Å². The third-order valence-electron chi connectivity index (χ3n) is 1.40. The summed E-state index contributed by atoms with van der Waals surface area (Å²) >= 11 is 0. The Kier molecular flexibility index (Phi) is 2.44. The average molecular weight is 152 g/mol. The normalized spacial score (nSPS) is 12.9. The zero-order valence-electron chi connectivity index (χ0n) is 6.50. The Hall–Kier alpha value is -1.09. The van der Waals surface area contributed by atoms with E-state index in [1.807, 2.05) is 13.0 Å². The molecule has 0 aliphatic heterocycles. The lowest BCUT2D eigenvalue weighted by molar-refractivity contribution is 0.736. The molecule has 11 heavy (non-hydrogen) atoms. The number of rotatable bonds is 2. The average Bonchev–Trinajstić information content (AvgIpc) is 1.85. The van der Waals surface area contributed by atoms with Crippen molar-refractivity contribution in [3.8, 4) is 0 Å². The van der Waals surface area contributed by atoms with Crippen molar-refractivity contribution >= 4 is 0 Å². The number of hydrogen-bond donors (Lipinski definition) is 2. The standard InChI is InChI=1S/C8H12N2O/c1-6(9)4-7-2-3-10-8(11)5-7/h2-3,5-6H,4,9H2,1H3,(H,10,11)/t6-/m1/s1. The summed E-state index contributed by atoms with van der Waals surface area (Å²) in [4.78, 5) is 13.3. The van der Waals surface area contributed by atoms with Gasteiger partial charge in [-0.1, -0.05) is 0 Å². The minimum Gasteiger partial charge on any atom is -0.329 e. The van der Waals surface area contributed by atoms with Crippen molar-refractivity contribution in [2.45, 2.75) is 19.4 Å². The molecule has 1 aromatic heterocycles. The largest absolute Gasteiger partial charge is 0.329 e. The van der Waals surface area contributed by atoms with Crippen LogP contribution in [0.1, 0.15) is 12.5 Å². The Balaban J connectivity index is 2.80. The lowest BCUT2D eigenvalue weighted by Crippen LogP contribution is -2.19. The van der Waals surface area contributed by atoms with E-state index in [1.165, 1.54) is 0 Å². The molecule has 1 aromatic rings. The van der Waals surface area contributed by atoms with Gasteiger partial charge in [-0.3, -0.25) is 4.79 Å². The maximum Gasteiger partial charge on any atom is 0.248 e. The lowest BCUT2D eigenvalue weighted by atomic mass is 10.1. The minimum absolute atomic E-state index is 0.0665. The van der Waals surface area contributed by atoms with Crippen LogP contribution in [-0.4, -0.2) is 11.0 Å². The van der Waals surface area contributed by atoms with Gasteiger partial charge in [0, 0.05) is 18.3 Å². The molecule has 0 bridgehead atoms. The third-order valence-corrected chi connectivity index (χ3v) is 1.40. The van der Waals surface area contributed by atoms with Crippen molar-refractivity contribution in [3.63, 3.8) is 0 Å². The fraction of sp³-hybridized carbons (Fsp3) is 0.375. The second kappa shape index (κ2) is 3.34. The highest BCUT2D eigenvalue weighted by atomic mass is 16.1. The molecule has 60 valence electrons. The molecule has 0 saturated carbocycles. The summed E-state index contributed by atoms with van der Waals surface area (Å²) in [5.41, 5.74) is 6.49. The maximum absolute atomic E-state index is 10.8. The molecule has 0 saturated heterocycles. The van der Waals surface area contributed by atoms with Gasteiger partial charge in [0.25, 0.3) is 0 Å². The summed E-state index contributed by atoms with van der Waals surface area (Å²) in [5, 5.41) is 0. The third kappa shape index (κ3) is 2.55. The van der Waals surface area contributed by atoms with Crippen LogP contribution in [0.5, 0.6) is 0 Å². The molecule has 3 N–H and O–H groups in total. The fourth-order valence-electron chi connectivity index (χ4n) is 0.988. The highest BCUT2D eigenvalue weighted by Crippen LogP contribution is 1.96. The smallest absolute Gasteiger partial charge is 0.248 e. The van der Waals surface area contributed by atoms with Gasteiger partial charge in [-0.05, 0) is 25.0 Å². The Morgan fingerprint density at radius 3 is 3.00 bits per heavy atom. The van der Waals surface area contributed by atoms with E-state index in [0.29, 0.717) is 0 Å². The Morgan fingerprint density at radius 2 is 2.45 bits per heavy atom. The zero-order chi connectivity index (χ0) is 8.27. The first-order valence-corrected chi connectivity index (χ1v) is 3.61. The molecular weight excluding hydrogens is 140 g/mol. The summed E-state index contributed by atoms with van der Waals surface area (Å²) in [5.74, 6) is 0. The molecule has 0 aliphatic carbocycles. The number of aromatic amines is 1. The van der Waals surface area contributed by atoms with E-state index in [9.17, 15) is 4.79 Å². The molecule has 0 fully saturated rings. The molecule has 0 radical (unpaired) electrons. The van der Waals surface area contributed by atoms with Crippen LogP contribution >= 0.6 is 0 Å². The first kappa shape index (κ1) is 8.01. The zero-order valence-corrected chi connectivity index (χ0v) is 6.50. The molecule has 1 atom stereocenters. The van der Waals surface area contributed by atoms with Gasteiger partial charge in [-0.15, -0.1) is 0 Å². The van der Waals surface area contributed by atoms with Crippen molar-refractivity contribution in [1.29, 1.82) is 0 Å². The van der Waals surface area contributed by atoms with Crippen LogP contribution in [0, 0.1) is 0 Å². The predicted octanol–water partition coefficient (Wildman–Crippen LogP) is 0.265. The van der Waals surface area contributed by atoms with Gasteiger partial charge in [0.2, 0.25) is 5.56 Å². The molecule has 3 nitrogen and oxygen atoms in total. The molecule has 1 heterocycles. The first-order chi connectivity index (χ1) is 5.18. The summed E-state index contributed by atoms with van der Waals surface area (Å²) in [7, 11) is 0. The molecule has 0 aromatic carbocycles. The number of hydrogen-bond acceptors (Lipinski definition) is 2. The van der Waals surface area contributed by atoms with Crippen LogP contribution in [0.4, 0.5) is 0 Å². The Morgan fingerprint density at radius 1 is 1.73 bits per heavy atom. The van der Waals surface area contributed by atoms with Gasteiger partial charge in [0.15, 0.2) is 0 Å². The minimum atomic E-state index is -0.0665. The van der Waals surface area contributed by atoms with E-state index >= 15 is 0 Å². The molecular formula is C8H12N2O. The van der Waals surface area contributed by atoms with Crippen molar-refractivity contribution in [2.75, 3.05) is 0 Å². The van der Waals surface area contributed by atoms with E-state index in [0.717, 1.165) is 12.0 Å². The number of pyridine rings is 1. The molecule has 1 rings (SSSR count). The maximum atomic E-state index is 10.8. The van der Waals surface area contributed by atoms with Gasteiger partial charge in [0.05, 0.1) is 0 Å². The number of H-pyrrole nitrogens is 1. The van der Waals surface area contributed by atoms with Crippen LogP contribution < -0.4 is 11.3 Å². The van der Waals surface area contributed by atoms with Gasteiger partial charge in [-0.2, -0.15) is 0 Å². The summed E-state index contributed by atoms with van der Waals surface area (Å²) in [6, 6.07) is 3.55. The lowest BCUT2D eigenvalue weighted by Gasteiger charge is -2.02. The van der Waals surface area contributed by atoms with E-state index in [2.05, 4.69) is 4.98 Å². The number of nitrogens with two attached hydrogens (primary N) is 1. The SMILES string of the molecule is C[C@@H](N)Cc1cc[nH]c(=O)c1. The molecule has 3 heteroatoms. The first-order valence-electron chi connectivity index (χ1n) is 3.61. The topological polar surface area (TPSA) is 58.9 Å². The van der Waals surface area contributed by atoms with Crippen molar-refractivity contribution in [1.82, 2.24) is 4.98 Å². The van der Waals surface area contributed by atoms with Gasteiger partial charge >= 0.3 is 0 Å². The number of aromatic nitrogens is 1. The molecule has 0 unspecified atom stereocenters. The molecule has 0 aliphatic rings. The van der Waals surface area contributed by atoms with Gasteiger partial charge < -0.3 is 10.7 Å². The highest BCUT2D eigenvalue weighted by molar-refractivity contribution is 5.10. The Labute approximate surface area is 65.2 Å². The van der Waals surface area contributed by atoms with E-state index in [-0.39, 0.29) is 11.6 Å². The highest BCUT2D eigenvalue weighted by Gasteiger charge is 1.96. The van der Waals surface area contributed by atoms with Crippen LogP contribution in [0.2, 0.25) is 0 Å². The number of nitrogens with one attached hydrogen (secondary N) is 1. The summed E-state index contributed by atoms with van der Waals surface area (Å²) < 4.78 is 0. The summed E-state index contributed by atoms with van der Waals surface area (Å²) in [6.07, 6.45) is 2.39. The molecule has 0 spiro atoms. The quantitative estimate of drug-likeness (QED) is 0.638. The van der Waals surface area contributed by atoms with Gasteiger partial charge in [-0.25, -0.2) is 0 Å². The molecule has 0 amide bonds. The van der Waals surface area contributed by atoms with Crippen LogP contribution in [0.25, 0.3) is 0 Å². The summed E-state index contributed by atoms with van der Waals surface area (Å²) in [6.45, 7) is 1.92. The van der Waals surface area contributed by atoms with Crippen molar-refractivity contribution in [2.24, 2.45) is 5.73 Å². The van der Waals surface area contributed by atoms with E-state index < -0.39 is 0 Å². The van der Waals surface area contributed by atoms with E-state index in [1.54, 1.807) is 12.3 Å². The van der Waals surface area contributed by atoms with Crippen molar-refractivity contribution < 1.29 is 0 Å².